The van der Waals surface area contributed by atoms with Gasteiger partial charge >= 0.3 is 5.97 Å². The van der Waals surface area contributed by atoms with Crippen LogP contribution < -0.4 is 5.32 Å². The molecule has 2 N–H and O–H groups in total. The predicted molar refractivity (Wildman–Crippen MR) is 122 cm³/mol. The van der Waals surface area contributed by atoms with Gasteiger partial charge in [-0.15, -0.1) is 0 Å². The van der Waals surface area contributed by atoms with Crippen LogP contribution in [0.4, 0.5) is 5.69 Å². The summed E-state index contributed by atoms with van der Waals surface area (Å²) in [6, 6.07) is 6.03. The van der Waals surface area contributed by atoms with Crippen molar-refractivity contribution in [2.24, 2.45) is 11.8 Å². The van der Waals surface area contributed by atoms with Crippen molar-refractivity contribution < 1.29 is 29.0 Å². The van der Waals surface area contributed by atoms with Gasteiger partial charge in [0.2, 0.25) is 11.8 Å². The Balaban J connectivity index is 1.69. The Hall–Kier alpha value is -2.16. The summed E-state index contributed by atoms with van der Waals surface area (Å²) in [5, 5.41) is 12.4. The Bertz CT molecular complexity index is 941. The number of rotatable bonds is 9. The second kappa shape index (κ2) is 9.24. The van der Waals surface area contributed by atoms with E-state index in [1.807, 2.05) is 6.92 Å². The fourth-order valence-corrected chi connectivity index (χ4v) is 6.07. The van der Waals surface area contributed by atoms with E-state index >= 15 is 0 Å². The van der Waals surface area contributed by atoms with Crippen LogP contribution in [0.15, 0.2) is 24.3 Å². The molecule has 0 aromatic heterocycles. The van der Waals surface area contributed by atoms with E-state index < -0.39 is 35.0 Å². The lowest BCUT2D eigenvalue weighted by Crippen LogP contribution is -2.53. The summed E-state index contributed by atoms with van der Waals surface area (Å²) in [6.45, 7) is 4.19. The first-order chi connectivity index (χ1) is 15.8. The molecule has 0 saturated carbocycles. The topological polar surface area (TPSA) is 105 Å². The Labute approximate surface area is 198 Å². The number of amides is 2. The Morgan fingerprint density at radius 1 is 1.27 bits per heavy atom. The van der Waals surface area contributed by atoms with E-state index in [2.05, 4.69) is 5.32 Å². The summed E-state index contributed by atoms with van der Waals surface area (Å²) in [4.78, 5) is 41.8. The van der Waals surface area contributed by atoms with Gasteiger partial charge < -0.3 is 24.8 Å². The van der Waals surface area contributed by atoms with Crippen molar-refractivity contribution in [1.82, 2.24) is 4.90 Å². The summed E-state index contributed by atoms with van der Waals surface area (Å²) in [6.07, 6.45) is 3.04. The number of fused-ring (bicyclic) bond motifs is 1. The van der Waals surface area contributed by atoms with Crippen molar-refractivity contribution in [3.8, 4) is 0 Å². The molecular weight excluding hydrogens is 448 g/mol. The highest BCUT2D eigenvalue weighted by molar-refractivity contribution is 6.33. The number of nitrogens with one attached hydrogen (secondary N) is 1. The average Bonchev–Trinajstić information content (AvgIpc) is 3.34. The number of para-hydroxylation sites is 1. The van der Waals surface area contributed by atoms with E-state index in [1.54, 1.807) is 36.1 Å². The third kappa shape index (κ3) is 3.92. The van der Waals surface area contributed by atoms with Crippen LogP contribution in [-0.2, 0) is 23.9 Å². The van der Waals surface area contributed by atoms with Gasteiger partial charge in [0.25, 0.3) is 0 Å². The smallest absolute Gasteiger partial charge is 0.312 e. The van der Waals surface area contributed by atoms with Crippen LogP contribution in [0, 0.1) is 11.8 Å². The lowest BCUT2D eigenvalue weighted by Gasteiger charge is -2.33. The number of nitrogens with zero attached hydrogens (tertiary/aromatic N) is 1. The van der Waals surface area contributed by atoms with Crippen molar-refractivity contribution in [1.29, 1.82) is 0 Å². The highest BCUT2D eigenvalue weighted by Gasteiger charge is 2.78. The number of aliphatic hydroxyl groups excluding tert-OH is 1. The number of likely N-dealkylation sites (tertiary alicyclic amines) is 1. The molecule has 0 radical (unpaired) electrons. The van der Waals surface area contributed by atoms with E-state index in [1.165, 1.54) is 0 Å². The van der Waals surface area contributed by atoms with Crippen LogP contribution in [0.3, 0.4) is 0 Å². The average molecular weight is 479 g/mol. The predicted octanol–water partition coefficient (Wildman–Crippen LogP) is 2.77. The van der Waals surface area contributed by atoms with Crippen molar-refractivity contribution in [3.05, 3.63) is 29.3 Å². The lowest BCUT2D eigenvalue weighted by molar-refractivity contribution is -0.158. The fourth-order valence-electron chi connectivity index (χ4n) is 5.89. The fraction of sp³-hybridized carbons (Fsp3) is 0.625. The van der Waals surface area contributed by atoms with Gasteiger partial charge in [0.15, 0.2) is 0 Å². The van der Waals surface area contributed by atoms with E-state index in [0.29, 0.717) is 42.9 Å². The molecule has 180 valence electrons. The van der Waals surface area contributed by atoms with Crippen molar-refractivity contribution >= 4 is 35.1 Å². The van der Waals surface area contributed by atoms with Crippen LogP contribution in [0.5, 0.6) is 0 Å². The minimum absolute atomic E-state index is 0.0727. The number of halogens is 1. The molecule has 3 saturated heterocycles. The number of ether oxygens (including phenoxy) is 2. The van der Waals surface area contributed by atoms with Gasteiger partial charge in [0.05, 0.1) is 28.8 Å². The zero-order valence-electron chi connectivity index (χ0n) is 19.0. The van der Waals surface area contributed by atoms with Gasteiger partial charge in [0.1, 0.15) is 17.6 Å². The largest absolute Gasteiger partial charge is 0.466 e. The molecule has 2 bridgehead atoms. The molecule has 2 unspecified atom stereocenters. The molecule has 0 aliphatic carbocycles. The number of carbonyl (C=O) groups is 3. The molecule has 1 aromatic rings. The SMILES string of the molecule is CCOC(=O)[C@@H]1[C@H]2C(=O)N(CCCCCO)C(C(=O)Nc3ccccc3Cl)C23CC[C@@]1(C)O3. The summed E-state index contributed by atoms with van der Waals surface area (Å²) < 4.78 is 11.8. The second-order valence-electron chi connectivity index (χ2n) is 9.26. The van der Waals surface area contributed by atoms with E-state index in [-0.39, 0.29) is 25.0 Å². The molecule has 3 heterocycles. The lowest BCUT2D eigenvalue weighted by atomic mass is 9.66. The number of unbranched alkanes of at least 4 members (excludes halogenated alkanes) is 2. The molecule has 8 nitrogen and oxygen atoms in total. The molecule has 1 spiro atoms. The minimum Gasteiger partial charge on any atom is -0.466 e. The van der Waals surface area contributed by atoms with Gasteiger partial charge in [-0.3, -0.25) is 14.4 Å². The quantitative estimate of drug-likeness (QED) is 0.417. The summed E-state index contributed by atoms with van der Waals surface area (Å²) in [7, 11) is 0. The van der Waals surface area contributed by atoms with Crippen LogP contribution in [-0.4, -0.2) is 64.8 Å². The standard InChI is InChI=1S/C24H31ClN2O6/c1-3-32-22(31)18-17-21(30)27(13-7-4-8-14-28)19(24(17)12-11-23(18,2)33-24)20(29)26-16-10-6-5-9-15(16)25/h5-6,9-10,17-19,28H,3-4,7-8,11-14H2,1-2H3,(H,26,29)/t17-,18-,19?,23+,24?/m0/s1. The first-order valence-corrected chi connectivity index (χ1v) is 12.0. The molecule has 3 fully saturated rings. The van der Waals surface area contributed by atoms with Gasteiger partial charge in [-0.25, -0.2) is 0 Å². The molecule has 5 atom stereocenters. The van der Waals surface area contributed by atoms with E-state index in [9.17, 15) is 14.4 Å². The second-order valence-corrected chi connectivity index (χ2v) is 9.67. The summed E-state index contributed by atoms with van der Waals surface area (Å²) in [5.41, 5.74) is -1.48. The monoisotopic (exact) mass is 478 g/mol. The number of benzene rings is 1. The molecule has 4 rings (SSSR count). The molecule has 2 amide bonds. The maximum atomic E-state index is 13.7. The maximum absolute atomic E-state index is 13.7. The molecule has 33 heavy (non-hydrogen) atoms. The van der Waals surface area contributed by atoms with Crippen LogP contribution in [0.2, 0.25) is 5.02 Å². The van der Waals surface area contributed by atoms with Crippen LogP contribution >= 0.6 is 11.6 Å². The first-order valence-electron chi connectivity index (χ1n) is 11.6. The summed E-state index contributed by atoms with van der Waals surface area (Å²) >= 11 is 6.26. The maximum Gasteiger partial charge on any atom is 0.312 e. The highest BCUT2D eigenvalue weighted by atomic mass is 35.5. The number of hydrogen-bond acceptors (Lipinski definition) is 6. The van der Waals surface area contributed by atoms with Gasteiger partial charge in [-0.1, -0.05) is 23.7 Å². The van der Waals surface area contributed by atoms with E-state index in [4.69, 9.17) is 26.2 Å². The van der Waals surface area contributed by atoms with Crippen molar-refractivity contribution in [2.45, 2.75) is 63.2 Å². The Morgan fingerprint density at radius 3 is 2.73 bits per heavy atom. The third-order valence-corrected chi connectivity index (χ3v) is 7.58. The normalized spacial score (nSPS) is 32.2. The van der Waals surface area contributed by atoms with Gasteiger partial charge in [0, 0.05) is 13.2 Å². The molecule has 1 aromatic carbocycles. The zero-order valence-corrected chi connectivity index (χ0v) is 19.8. The molecule has 9 heteroatoms. The minimum atomic E-state index is -1.09. The first kappa shape index (κ1) is 24.0. The summed E-state index contributed by atoms with van der Waals surface area (Å²) in [5.74, 6) is -2.60. The number of hydrogen-bond donors (Lipinski definition) is 2. The van der Waals surface area contributed by atoms with Crippen LogP contribution in [0.25, 0.3) is 0 Å². The van der Waals surface area contributed by atoms with Crippen molar-refractivity contribution in [2.75, 3.05) is 25.1 Å². The number of anilines is 1. The number of carbonyl (C=O) groups excluding carboxylic acids is 3. The Kier molecular flexibility index (Phi) is 6.71. The highest BCUT2D eigenvalue weighted by Crippen LogP contribution is 2.63. The van der Waals surface area contributed by atoms with E-state index in [0.717, 1.165) is 6.42 Å². The van der Waals surface area contributed by atoms with Crippen molar-refractivity contribution in [3.63, 3.8) is 0 Å². The van der Waals surface area contributed by atoms with Gasteiger partial charge in [-0.05, 0) is 58.1 Å². The van der Waals surface area contributed by atoms with Gasteiger partial charge in [-0.2, -0.15) is 0 Å². The molecule has 3 aliphatic rings. The zero-order chi connectivity index (χ0) is 23.8. The number of esters is 1. The molecule has 3 aliphatic heterocycles. The van der Waals surface area contributed by atoms with Crippen LogP contribution in [0.1, 0.15) is 46.0 Å². The molecular formula is C24H31ClN2O6. The number of aliphatic hydroxyl groups is 1. The Morgan fingerprint density at radius 2 is 2.03 bits per heavy atom. The third-order valence-electron chi connectivity index (χ3n) is 7.25.